The van der Waals surface area contributed by atoms with Gasteiger partial charge in [0.2, 0.25) is 0 Å². The van der Waals surface area contributed by atoms with Gasteiger partial charge in [-0.15, -0.1) is 23.1 Å². The van der Waals surface area contributed by atoms with E-state index in [0.29, 0.717) is 22.7 Å². The molecular weight excluding hydrogens is 530 g/mol. The highest BCUT2D eigenvalue weighted by Gasteiger charge is 2.36. The minimum absolute atomic E-state index is 0.117. The summed E-state index contributed by atoms with van der Waals surface area (Å²) in [5, 5.41) is 9.68. The number of thiazole rings is 1. The lowest BCUT2D eigenvalue weighted by Crippen LogP contribution is -2.46. The van der Waals surface area contributed by atoms with Crippen LogP contribution >= 0.6 is 23.1 Å². The molecule has 0 radical (unpaired) electrons. The van der Waals surface area contributed by atoms with Gasteiger partial charge in [-0.1, -0.05) is 18.2 Å². The minimum atomic E-state index is -0.195. The number of nitrogens with zero attached hydrogens (tertiary/aromatic N) is 2. The monoisotopic (exact) mass is 563 g/mol. The molecule has 39 heavy (non-hydrogen) atoms. The predicted molar refractivity (Wildman–Crippen MR) is 157 cm³/mol. The number of pyridine rings is 1. The van der Waals surface area contributed by atoms with Gasteiger partial charge in [0.1, 0.15) is 5.69 Å². The summed E-state index contributed by atoms with van der Waals surface area (Å²) in [5.74, 6) is 0.0566. The molecule has 0 bridgehead atoms. The molecule has 0 saturated heterocycles. The molecule has 0 unspecified atom stereocenters. The number of carbonyl (C=O) groups excluding carboxylic acids is 2. The van der Waals surface area contributed by atoms with Gasteiger partial charge in [-0.25, -0.2) is 4.98 Å². The van der Waals surface area contributed by atoms with E-state index in [1.807, 2.05) is 51.3 Å². The van der Waals surface area contributed by atoms with Crippen molar-refractivity contribution in [3.63, 3.8) is 0 Å². The number of fused-ring (bicyclic) bond motifs is 1. The van der Waals surface area contributed by atoms with Crippen molar-refractivity contribution in [3.8, 4) is 0 Å². The summed E-state index contributed by atoms with van der Waals surface area (Å²) >= 11 is 2.97. The summed E-state index contributed by atoms with van der Waals surface area (Å²) < 4.78 is 2.25. The Labute approximate surface area is 235 Å². The highest BCUT2D eigenvalue weighted by atomic mass is 32.2. The first kappa shape index (κ1) is 27.2. The fourth-order valence-electron chi connectivity index (χ4n) is 5.61. The van der Waals surface area contributed by atoms with E-state index in [4.69, 9.17) is 0 Å². The molecule has 5 rings (SSSR count). The van der Waals surface area contributed by atoms with E-state index < -0.39 is 0 Å². The highest BCUT2D eigenvalue weighted by molar-refractivity contribution is 7.98. The van der Waals surface area contributed by atoms with Gasteiger partial charge in [-0.3, -0.25) is 14.4 Å². The third kappa shape index (κ3) is 5.27. The Morgan fingerprint density at radius 2 is 1.95 bits per heavy atom. The van der Waals surface area contributed by atoms with Crippen LogP contribution in [0.2, 0.25) is 0 Å². The lowest BCUT2D eigenvalue weighted by molar-refractivity contribution is 0.0854. The van der Waals surface area contributed by atoms with Crippen molar-refractivity contribution in [2.45, 2.75) is 64.1 Å². The van der Waals surface area contributed by atoms with Crippen LogP contribution in [0.5, 0.6) is 0 Å². The molecular formula is C29H33N5O3S2. The van der Waals surface area contributed by atoms with Gasteiger partial charge in [0.25, 0.3) is 17.4 Å². The number of benzene rings is 1. The first-order chi connectivity index (χ1) is 18.7. The molecule has 1 fully saturated rings. The number of aromatic amines is 1. The van der Waals surface area contributed by atoms with Gasteiger partial charge >= 0.3 is 0 Å². The first-order valence-corrected chi connectivity index (χ1v) is 15.2. The average molecular weight is 564 g/mol. The summed E-state index contributed by atoms with van der Waals surface area (Å²) in [6.45, 7) is 8.07. The second kappa shape index (κ2) is 11.0. The van der Waals surface area contributed by atoms with E-state index in [1.165, 1.54) is 23.1 Å². The number of amides is 2. The van der Waals surface area contributed by atoms with E-state index in [-0.39, 0.29) is 36.0 Å². The number of hydrogen-bond donors (Lipinski definition) is 3. The number of rotatable bonds is 8. The van der Waals surface area contributed by atoms with Crippen LogP contribution < -0.4 is 16.2 Å². The first-order valence-electron chi connectivity index (χ1n) is 13.1. The minimum Gasteiger partial charge on any atom is -0.348 e. The average Bonchev–Trinajstić information content (AvgIpc) is 3.44. The number of aromatic nitrogens is 3. The molecule has 1 aliphatic rings. The predicted octanol–water partition coefficient (Wildman–Crippen LogP) is 5.13. The van der Waals surface area contributed by atoms with Crippen LogP contribution in [0.1, 0.15) is 68.6 Å². The number of aryl methyl sites for hydroxylation is 2. The third-order valence-corrected chi connectivity index (χ3v) is 9.29. The molecule has 1 aliphatic carbocycles. The molecule has 1 aromatic carbocycles. The summed E-state index contributed by atoms with van der Waals surface area (Å²) in [6.07, 6.45) is 3.67. The van der Waals surface area contributed by atoms with Gasteiger partial charge < -0.3 is 20.2 Å². The molecule has 10 heteroatoms. The SMILES string of the molecule is CSc1cc(C)[nH]c(=O)c1CNC(=O)c1c(C)n([C@H](C)C2CC(NC(=O)c3csc(C)n3)C2)c2ccccc12. The van der Waals surface area contributed by atoms with Gasteiger partial charge in [0.15, 0.2) is 0 Å². The molecule has 1 saturated carbocycles. The quantitative estimate of drug-likeness (QED) is 0.258. The van der Waals surface area contributed by atoms with E-state index >= 15 is 0 Å². The number of H-pyrrole nitrogens is 1. The van der Waals surface area contributed by atoms with Gasteiger partial charge in [-0.2, -0.15) is 0 Å². The van der Waals surface area contributed by atoms with Gasteiger partial charge in [0, 0.05) is 56.8 Å². The highest BCUT2D eigenvalue weighted by Crippen LogP contribution is 2.40. The fraction of sp³-hybridized carbons (Fsp3) is 0.379. The van der Waals surface area contributed by atoms with Crippen LogP contribution in [-0.2, 0) is 6.54 Å². The Kier molecular flexibility index (Phi) is 7.68. The maximum atomic E-state index is 13.5. The van der Waals surface area contributed by atoms with E-state index in [9.17, 15) is 14.4 Å². The standard InChI is InChI=1S/C29H33N5O3S2/c1-15-10-25(38-5)22(27(35)31-15)13-30-29(37)26-17(3)34(24-9-7-6-8-21(24)26)16(2)19-11-20(12-19)33-28(36)23-14-39-18(4)32-23/h6-10,14,16,19-20H,11-13H2,1-5H3,(H,30,37)(H,31,35)(H,33,36)/t16-,19?,20?/m1/s1. The van der Waals surface area contributed by atoms with Crippen molar-refractivity contribution < 1.29 is 9.59 Å². The Hall–Kier alpha value is -3.37. The van der Waals surface area contributed by atoms with Crippen LogP contribution in [0.3, 0.4) is 0 Å². The van der Waals surface area contributed by atoms with Crippen LogP contribution in [0.25, 0.3) is 10.9 Å². The second-order valence-electron chi connectivity index (χ2n) is 10.3. The molecule has 1 atom stereocenters. The van der Waals surface area contributed by atoms with Crippen molar-refractivity contribution in [1.82, 2.24) is 25.2 Å². The topological polar surface area (TPSA) is 109 Å². The lowest BCUT2D eigenvalue weighted by Gasteiger charge is -2.40. The summed E-state index contributed by atoms with van der Waals surface area (Å²) in [6, 6.07) is 10.2. The molecule has 3 N–H and O–H groups in total. The Morgan fingerprint density at radius 1 is 1.21 bits per heavy atom. The van der Waals surface area contributed by atoms with Crippen molar-refractivity contribution in [2.24, 2.45) is 5.92 Å². The molecule has 0 aliphatic heterocycles. The molecule has 3 aromatic heterocycles. The number of nitrogens with one attached hydrogen (secondary N) is 3. The largest absolute Gasteiger partial charge is 0.348 e. The zero-order valence-electron chi connectivity index (χ0n) is 22.8. The summed E-state index contributed by atoms with van der Waals surface area (Å²) in [4.78, 5) is 46.6. The van der Waals surface area contributed by atoms with E-state index in [2.05, 4.69) is 38.2 Å². The van der Waals surface area contributed by atoms with Crippen LogP contribution in [-0.4, -0.2) is 38.6 Å². The molecule has 2 amide bonds. The normalized spacial score (nSPS) is 17.6. The van der Waals surface area contributed by atoms with Gasteiger partial charge in [-0.05, 0) is 64.8 Å². The Bertz CT molecular complexity index is 1610. The number of para-hydroxylation sites is 1. The Balaban J connectivity index is 1.33. The summed E-state index contributed by atoms with van der Waals surface area (Å²) in [5.41, 5.74) is 4.20. The van der Waals surface area contributed by atoms with E-state index in [1.54, 1.807) is 5.38 Å². The van der Waals surface area contributed by atoms with E-state index in [0.717, 1.165) is 45.0 Å². The van der Waals surface area contributed by atoms with Gasteiger partial charge in [0.05, 0.1) is 10.6 Å². The van der Waals surface area contributed by atoms with Crippen molar-refractivity contribution in [1.29, 1.82) is 0 Å². The summed E-state index contributed by atoms with van der Waals surface area (Å²) in [7, 11) is 0. The third-order valence-electron chi connectivity index (χ3n) is 7.71. The lowest BCUT2D eigenvalue weighted by atomic mass is 9.75. The number of hydrogen-bond acceptors (Lipinski definition) is 6. The second-order valence-corrected chi connectivity index (χ2v) is 12.2. The van der Waals surface area contributed by atoms with Crippen LogP contribution in [0, 0.1) is 26.7 Å². The van der Waals surface area contributed by atoms with Crippen LogP contribution in [0.15, 0.2) is 45.4 Å². The molecule has 3 heterocycles. The van der Waals surface area contributed by atoms with Crippen molar-refractivity contribution >= 4 is 45.8 Å². The fourth-order valence-corrected chi connectivity index (χ4v) is 6.91. The maximum Gasteiger partial charge on any atom is 0.270 e. The number of thioether (sulfide) groups is 1. The molecule has 204 valence electrons. The zero-order valence-corrected chi connectivity index (χ0v) is 24.4. The van der Waals surface area contributed by atoms with Crippen LogP contribution in [0.4, 0.5) is 0 Å². The smallest absolute Gasteiger partial charge is 0.270 e. The Morgan fingerprint density at radius 3 is 2.64 bits per heavy atom. The zero-order chi connectivity index (χ0) is 27.8. The van der Waals surface area contributed by atoms with Crippen molar-refractivity contribution in [3.05, 3.63) is 79.3 Å². The maximum absolute atomic E-state index is 13.5. The molecule has 8 nitrogen and oxygen atoms in total. The molecule has 4 aromatic rings. The van der Waals surface area contributed by atoms with Crippen molar-refractivity contribution in [2.75, 3.05) is 6.26 Å². The molecule has 0 spiro atoms. The number of carbonyl (C=O) groups is 2.